The van der Waals surface area contributed by atoms with Crippen LogP contribution in [0.15, 0.2) is 146 Å². The molecule has 0 aliphatic heterocycles. The van der Waals surface area contributed by atoms with Gasteiger partial charge in [0, 0.05) is 51.4 Å². The molecule has 0 aromatic heterocycles. The molecule has 0 saturated carbocycles. The van der Waals surface area contributed by atoms with E-state index in [1.807, 2.05) is 79.8 Å². The largest absolute Gasteiger partial charge is 0.508 e. The second-order valence-corrected chi connectivity index (χ2v) is 15.5. The Bertz CT molecular complexity index is 1930. The molecule has 0 fully saturated rings. The minimum atomic E-state index is 0.258. The van der Waals surface area contributed by atoms with Crippen LogP contribution in [-0.2, 0) is 17.6 Å². The number of phenolic OH excluding ortho intramolecular Hbond substituents is 2. The number of likely N-dealkylation sites (N-methyl/N-ethyl adjacent to an activating group) is 2. The lowest BCUT2D eigenvalue weighted by Crippen LogP contribution is -2.26. The molecule has 0 unspecified atom stereocenters. The first kappa shape index (κ1) is 45.4. The van der Waals surface area contributed by atoms with Crippen LogP contribution in [0, 0.1) is 0 Å². The number of hydrogen-bond donors (Lipinski definition) is 3. The van der Waals surface area contributed by atoms with Crippen molar-refractivity contribution in [3.8, 4) is 11.5 Å². The Hall–Kier alpha value is -4.33. The number of halogens is 4. The molecule has 5 nitrogen and oxygen atoms in total. The number of aromatic hydroxyl groups is 2. The van der Waals surface area contributed by atoms with Gasteiger partial charge in [0.25, 0.3) is 0 Å². The number of rotatable bonds is 15. The van der Waals surface area contributed by atoms with E-state index in [-0.39, 0.29) is 11.7 Å². The molecule has 6 aromatic carbocycles. The van der Waals surface area contributed by atoms with Crippen molar-refractivity contribution >= 4 is 52.7 Å². The lowest BCUT2D eigenvalue weighted by atomic mass is 9.91. The van der Waals surface area contributed by atoms with Crippen LogP contribution in [-0.4, -0.2) is 55.1 Å². The van der Waals surface area contributed by atoms with Crippen molar-refractivity contribution < 1.29 is 15.0 Å². The summed E-state index contributed by atoms with van der Waals surface area (Å²) in [5.41, 5.74) is 7.31. The summed E-state index contributed by atoms with van der Waals surface area (Å²) in [6.45, 7) is 2.79. The van der Waals surface area contributed by atoms with E-state index in [0.717, 1.165) is 70.8 Å². The van der Waals surface area contributed by atoms with E-state index in [1.165, 1.54) is 27.8 Å². The van der Waals surface area contributed by atoms with Crippen LogP contribution in [0.2, 0.25) is 20.1 Å². The Labute approximate surface area is 357 Å². The molecule has 0 amide bonds. The number of phenols is 2. The number of carbonyl (C=O) groups excluding carboxylic acids is 1. The highest BCUT2D eigenvalue weighted by molar-refractivity contribution is 6.31. The maximum absolute atomic E-state index is 10.00. The van der Waals surface area contributed by atoms with Crippen LogP contribution in [0.4, 0.5) is 0 Å². The zero-order valence-electron chi connectivity index (χ0n) is 32.3. The zero-order valence-corrected chi connectivity index (χ0v) is 35.3. The average Bonchev–Trinajstić information content (AvgIpc) is 3.22. The molecule has 57 heavy (non-hydrogen) atoms. The molecule has 0 aliphatic carbocycles. The van der Waals surface area contributed by atoms with Crippen LogP contribution in [0.25, 0.3) is 0 Å². The third-order valence-electron chi connectivity index (χ3n) is 9.42. The number of carbonyl (C=O) groups is 1. The molecule has 0 saturated heterocycles. The molecule has 3 N–H and O–H groups in total. The molecule has 0 atom stereocenters. The Morgan fingerprint density at radius 1 is 0.544 bits per heavy atom. The number of benzene rings is 6. The van der Waals surface area contributed by atoms with E-state index in [0.29, 0.717) is 18.1 Å². The first-order valence-electron chi connectivity index (χ1n) is 18.9. The summed E-state index contributed by atoms with van der Waals surface area (Å²) in [7, 11) is 4.12. The topological polar surface area (TPSA) is 72.8 Å². The fourth-order valence-electron chi connectivity index (χ4n) is 6.32. The van der Waals surface area contributed by atoms with Gasteiger partial charge in [-0.05, 0) is 146 Å². The second kappa shape index (κ2) is 24.4. The van der Waals surface area contributed by atoms with Gasteiger partial charge in [-0.15, -0.1) is 0 Å². The van der Waals surface area contributed by atoms with Gasteiger partial charge in [0.05, 0.1) is 0 Å². The second-order valence-electron chi connectivity index (χ2n) is 13.8. The van der Waals surface area contributed by atoms with E-state index >= 15 is 0 Å². The number of aldehydes is 1. The van der Waals surface area contributed by atoms with Gasteiger partial charge >= 0.3 is 0 Å². The average molecular weight is 845 g/mol. The summed E-state index contributed by atoms with van der Waals surface area (Å²) < 4.78 is 0. The Balaban J connectivity index is 0.000000211. The lowest BCUT2D eigenvalue weighted by molar-refractivity contribution is -0.107. The standard InChI is InChI=1S/C24H25Cl2NO.C15H15Cl2N.C9H10O2/c1-27(16-2-3-18-4-14-23(28)15-5-18)17-24(19-6-10-21(25)11-7-19)20-8-12-22(26)13-9-20;1-18-10-15(11-2-6-13(16)7-3-11)12-4-8-14(17)9-5-12;10-7-1-2-8-3-5-9(11)6-4-8/h4-15,24,28H,2-3,16-17H2,1H3;2-9,15,18H,10H2,1H3;3-7,11H,1-2H2. The van der Waals surface area contributed by atoms with E-state index in [1.54, 1.807) is 24.3 Å². The minimum absolute atomic E-state index is 0.258. The molecule has 6 aromatic rings. The van der Waals surface area contributed by atoms with Gasteiger partial charge in [0.15, 0.2) is 0 Å². The SMILES string of the molecule is CN(CCCc1ccc(O)cc1)CC(c1ccc(Cl)cc1)c1ccc(Cl)cc1.CNCC(c1ccc(Cl)cc1)c1ccc(Cl)cc1.O=CCCc1ccc(O)cc1. The van der Waals surface area contributed by atoms with Crippen molar-refractivity contribution in [3.63, 3.8) is 0 Å². The highest BCUT2D eigenvalue weighted by Crippen LogP contribution is 2.29. The number of nitrogens with one attached hydrogen (secondary N) is 1. The van der Waals surface area contributed by atoms with Crippen molar-refractivity contribution in [1.82, 2.24) is 10.2 Å². The predicted octanol–water partition coefficient (Wildman–Crippen LogP) is 12.3. The third kappa shape index (κ3) is 16.2. The fraction of sp³-hybridized carbons (Fsp3) is 0.229. The summed E-state index contributed by atoms with van der Waals surface area (Å²) in [5, 5.41) is 24.6. The van der Waals surface area contributed by atoms with Crippen molar-refractivity contribution in [2.45, 2.75) is 37.5 Å². The molecule has 0 radical (unpaired) electrons. The summed E-state index contributed by atoms with van der Waals surface area (Å²) in [5.74, 6) is 1.15. The highest BCUT2D eigenvalue weighted by Gasteiger charge is 2.17. The lowest BCUT2D eigenvalue weighted by Gasteiger charge is -2.25. The Morgan fingerprint density at radius 2 is 0.895 bits per heavy atom. The van der Waals surface area contributed by atoms with Crippen molar-refractivity contribution in [1.29, 1.82) is 0 Å². The smallest absolute Gasteiger partial charge is 0.120 e. The highest BCUT2D eigenvalue weighted by atomic mass is 35.5. The maximum Gasteiger partial charge on any atom is 0.120 e. The summed E-state index contributed by atoms with van der Waals surface area (Å²) >= 11 is 24.0. The van der Waals surface area contributed by atoms with E-state index < -0.39 is 0 Å². The first-order valence-corrected chi connectivity index (χ1v) is 20.4. The molecule has 0 spiro atoms. The minimum Gasteiger partial charge on any atom is -0.508 e. The molecule has 0 heterocycles. The summed E-state index contributed by atoms with van der Waals surface area (Å²) in [6, 6.07) is 46.5. The van der Waals surface area contributed by atoms with E-state index in [2.05, 4.69) is 65.8 Å². The molecule has 0 bridgehead atoms. The molecule has 6 rings (SSSR count). The molecule has 298 valence electrons. The number of nitrogens with zero attached hydrogens (tertiary/aromatic N) is 1. The molecular weight excluding hydrogens is 794 g/mol. The fourth-order valence-corrected chi connectivity index (χ4v) is 6.83. The molecular formula is C48H50Cl4N2O3. The van der Waals surface area contributed by atoms with Gasteiger partial charge in [-0.2, -0.15) is 0 Å². The Kier molecular flexibility index (Phi) is 19.5. The van der Waals surface area contributed by atoms with Crippen molar-refractivity contribution in [2.75, 3.05) is 33.7 Å². The van der Waals surface area contributed by atoms with Gasteiger partial charge in [0.1, 0.15) is 17.8 Å². The number of aryl methyl sites for hydroxylation is 2. The van der Waals surface area contributed by atoms with Crippen LogP contribution in [0.5, 0.6) is 11.5 Å². The maximum atomic E-state index is 10.00. The van der Waals surface area contributed by atoms with Crippen LogP contribution in [0.3, 0.4) is 0 Å². The zero-order chi connectivity index (χ0) is 41.0. The number of hydrogen-bond acceptors (Lipinski definition) is 5. The van der Waals surface area contributed by atoms with Crippen LogP contribution in [0.1, 0.15) is 58.1 Å². The Morgan fingerprint density at radius 3 is 1.25 bits per heavy atom. The van der Waals surface area contributed by atoms with Crippen molar-refractivity contribution in [2.24, 2.45) is 0 Å². The van der Waals surface area contributed by atoms with Crippen molar-refractivity contribution in [3.05, 3.63) is 199 Å². The van der Waals surface area contributed by atoms with Crippen LogP contribution < -0.4 is 5.32 Å². The van der Waals surface area contributed by atoms with Gasteiger partial charge in [-0.1, -0.05) is 119 Å². The van der Waals surface area contributed by atoms with E-state index in [9.17, 15) is 9.90 Å². The monoisotopic (exact) mass is 842 g/mol. The third-order valence-corrected chi connectivity index (χ3v) is 10.4. The van der Waals surface area contributed by atoms with E-state index in [4.69, 9.17) is 51.5 Å². The summed E-state index contributed by atoms with van der Waals surface area (Å²) in [4.78, 5) is 12.4. The van der Waals surface area contributed by atoms with Gasteiger partial charge in [-0.25, -0.2) is 0 Å². The van der Waals surface area contributed by atoms with Gasteiger partial charge < -0.3 is 25.2 Å². The summed E-state index contributed by atoms with van der Waals surface area (Å²) in [6.07, 6.45) is 4.26. The van der Waals surface area contributed by atoms with Gasteiger partial charge in [-0.3, -0.25) is 0 Å². The molecule has 9 heteroatoms. The quantitative estimate of drug-likeness (QED) is 0.0898. The van der Waals surface area contributed by atoms with Crippen LogP contribution >= 0.6 is 46.4 Å². The first-order chi connectivity index (χ1) is 27.5. The predicted molar refractivity (Wildman–Crippen MR) is 240 cm³/mol. The normalized spacial score (nSPS) is 10.8. The molecule has 0 aliphatic rings. The van der Waals surface area contributed by atoms with Gasteiger partial charge in [0.2, 0.25) is 0 Å².